The second-order valence-corrected chi connectivity index (χ2v) is 7.47. The number of halogens is 1. The lowest BCUT2D eigenvalue weighted by Gasteiger charge is -2.16. The number of aryl methyl sites for hydroxylation is 1. The molecule has 0 saturated carbocycles. The molecule has 0 fully saturated rings. The standard InChI is InChI=1S/C14H14ClOP/c1-11-10-12(15)8-9-14(11)17(2,16)13-6-4-3-5-7-13/h3-10H,1-2H3. The molecule has 0 bridgehead atoms. The van der Waals surface area contributed by atoms with Gasteiger partial charge in [0.2, 0.25) is 0 Å². The fourth-order valence-corrected chi connectivity index (χ4v) is 4.29. The fraction of sp³-hybridized carbons (Fsp3) is 0.143. The molecule has 3 heteroatoms. The molecule has 0 radical (unpaired) electrons. The van der Waals surface area contributed by atoms with Crippen molar-refractivity contribution in [2.75, 3.05) is 6.66 Å². The van der Waals surface area contributed by atoms with Crippen LogP contribution in [0.25, 0.3) is 0 Å². The van der Waals surface area contributed by atoms with Gasteiger partial charge in [0, 0.05) is 15.6 Å². The summed E-state index contributed by atoms with van der Waals surface area (Å²) in [5.41, 5.74) is 0.979. The maximum atomic E-state index is 12.9. The quantitative estimate of drug-likeness (QED) is 0.758. The zero-order valence-corrected chi connectivity index (χ0v) is 11.5. The van der Waals surface area contributed by atoms with Gasteiger partial charge in [-0.25, -0.2) is 0 Å². The molecule has 2 rings (SSSR count). The molecule has 0 aliphatic heterocycles. The van der Waals surface area contributed by atoms with Crippen LogP contribution in [0, 0.1) is 6.92 Å². The van der Waals surface area contributed by atoms with Crippen molar-refractivity contribution in [3.05, 3.63) is 59.1 Å². The monoisotopic (exact) mass is 264 g/mol. The third-order valence-electron chi connectivity index (χ3n) is 2.87. The van der Waals surface area contributed by atoms with Crippen LogP contribution in [-0.4, -0.2) is 6.66 Å². The molecule has 0 amide bonds. The summed E-state index contributed by atoms with van der Waals surface area (Å²) in [6, 6.07) is 15.1. The Kier molecular flexibility index (Phi) is 3.42. The zero-order chi connectivity index (χ0) is 12.5. The molecular weight excluding hydrogens is 251 g/mol. The maximum Gasteiger partial charge on any atom is 0.140 e. The molecule has 1 nitrogen and oxygen atoms in total. The fourth-order valence-electron chi connectivity index (χ4n) is 1.95. The van der Waals surface area contributed by atoms with E-state index in [9.17, 15) is 4.57 Å². The van der Waals surface area contributed by atoms with E-state index < -0.39 is 7.14 Å². The highest BCUT2D eigenvalue weighted by atomic mass is 35.5. The lowest BCUT2D eigenvalue weighted by Crippen LogP contribution is -2.17. The Morgan fingerprint density at radius 2 is 1.71 bits per heavy atom. The van der Waals surface area contributed by atoms with Crippen molar-refractivity contribution >= 4 is 29.4 Å². The predicted molar refractivity (Wildman–Crippen MR) is 75.4 cm³/mol. The van der Waals surface area contributed by atoms with Gasteiger partial charge >= 0.3 is 0 Å². The van der Waals surface area contributed by atoms with Crippen LogP contribution in [0.5, 0.6) is 0 Å². The molecular formula is C14H14ClOP. The summed E-state index contributed by atoms with van der Waals surface area (Å²) < 4.78 is 12.9. The van der Waals surface area contributed by atoms with Crippen LogP contribution in [0.1, 0.15) is 5.56 Å². The van der Waals surface area contributed by atoms with Gasteiger partial charge in [-0.1, -0.05) is 41.9 Å². The van der Waals surface area contributed by atoms with E-state index in [0.29, 0.717) is 5.02 Å². The summed E-state index contributed by atoms with van der Waals surface area (Å²) in [6.45, 7) is 3.75. The molecule has 0 N–H and O–H groups in total. The molecule has 88 valence electrons. The van der Waals surface area contributed by atoms with Gasteiger partial charge in [0.05, 0.1) is 0 Å². The van der Waals surface area contributed by atoms with Crippen molar-refractivity contribution in [1.29, 1.82) is 0 Å². The summed E-state index contributed by atoms with van der Waals surface area (Å²) >= 11 is 5.92. The largest absolute Gasteiger partial charge is 0.314 e. The van der Waals surface area contributed by atoms with Gasteiger partial charge in [0.15, 0.2) is 0 Å². The van der Waals surface area contributed by atoms with Gasteiger partial charge in [-0.15, -0.1) is 0 Å². The van der Waals surface area contributed by atoms with E-state index in [1.54, 1.807) is 12.7 Å². The van der Waals surface area contributed by atoms with Crippen LogP contribution in [0.3, 0.4) is 0 Å². The third-order valence-corrected chi connectivity index (χ3v) is 5.81. The average molecular weight is 265 g/mol. The van der Waals surface area contributed by atoms with Crippen LogP contribution in [-0.2, 0) is 4.57 Å². The van der Waals surface area contributed by atoms with Crippen LogP contribution in [0.2, 0.25) is 5.02 Å². The SMILES string of the molecule is Cc1cc(Cl)ccc1P(C)(=O)c1ccccc1. The molecule has 0 aromatic heterocycles. The van der Waals surface area contributed by atoms with E-state index in [2.05, 4.69) is 0 Å². The maximum absolute atomic E-state index is 12.9. The molecule has 1 atom stereocenters. The minimum absolute atomic E-state index is 0.680. The summed E-state index contributed by atoms with van der Waals surface area (Å²) in [5, 5.41) is 2.44. The number of rotatable bonds is 2. The first kappa shape index (κ1) is 12.4. The minimum atomic E-state index is -2.51. The first-order chi connectivity index (χ1) is 8.01. The highest BCUT2D eigenvalue weighted by Crippen LogP contribution is 2.40. The summed E-state index contributed by atoms with van der Waals surface area (Å²) in [5.74, 6) is 0. The van der Waals surface area contributed by atoms with Gasteiger partial charge in [-0.2, -0.15) is 0 Å². The normalized spacial score (nSPS) is 14.3. The molecule has 2 aromatic rings. The van der Waals surface area contributed by atoms with E-state index in [1.165, 1.54) is 0 Å². The molecule has 1 unspecified atom stereocenters. The molecule has 0 aliphatic rings. The Labute approximate surface area is 107 Å². The summed E-state index contributed by atoms with van der Waals surface area (Å²) in [6.07, 6.45) is 0. The Morgan fingerprint density at radius 1 is 1.06 bits per heavy atom. The smallest absolute Gasteiger partial charge is 0.140 e. The van der Waals surface area contributed by atoms with E-state index in [4.69, 9.17) is 11.6 Å². The number of hydrogen-bond donors (Lipinski definition) is 0. The zero-order valence-electron chi connectivity index (χ0n) is 9.85. The summed E-state index contributed by atoms with van der Waals surface area (Å²) in [7, 11) is -2.51. The van der Waals surface area contributed by atoms with Crippen molar-refractivity contribution < 1.29 is 4.57 Å². The highest BCUT2D eigenvalue weighted by molar-refractivity contribution is 7.78. The molecule has 0 saturated heterocycles. The Balaban J connectivity index is 2.56. The predicted octanol–water partition coefficient (Wildman–Crippen LogP) is 3.59. The molecule has 0 aliphatic carbocycles. The molecule has 0 spiro atoms. The summed E-state index contributed by atoms with van der Waals surface area (Å²) in [4.78, 5) is 0. The van der Waals surface area contributed by atoms with Gasteiger partial charge < -0.3 is 4.57 Å². The van der Waals surface area contributed by atoms with E-state index in [1.807, 2.05) is 49.4 Å². The van der Waals surface area contributed by atoms with Crippen LogP contribution in [0.15, 0.2) is 48.5 Å². The van der Waals surface area contributed by atoms with Gasteiger partial charge in [0.1, 0.15) is 7.14 Å². The first-order valence-electron chi connectivity index (χ1n) is 5.41. The van der Waals surface area contributed by atoms with Crippen LogP contribution < -0.4 is 10.6 Å². The second kappa shape index (κ2) is 4.68. The second-order valence-electron chi connectivity index (χ2n) is 4.19. The Morgan fingerprint density at radius 3 is 2.29 bits per heavy atom. The molecule has 0 heterocycles. The van der Waals surface area contributed by atoms with E-state index in [-0.39, 0.29) is 0 Å². The van der Waals surface area contributed by atoms with E-state index in [0.717, 1.165) is 16.2 Å². The van der Waals surface area contributed by atoms with Crippen molar-refractivity contribution in [1.82, 2.24) is 0 Å². The number of hydrogen-bond acceptors (Lipinski definition) is 1. The van der Waals surface area contributed by atoms with Crippen LogP contribution >= 0.6 is 18.7 Å². The van der Waals surface area contributed by atoms with Crippen LogP contribution in [0.4, 0.5) is 0 Å². The van der Waals surface area contributed by atoms with Gasteiger partial charge in [-0.3, -0.25) is 0 Å². The molecule has 17 heavy (non-hydrogen) atoms. The Hall–Kier alpha value is -1.04. The van der Waals surface area contributed by atoms with Crippen molar-refractivity contribution in [3.63, 3.8) is 0 Å². The Bertz CT molecular complexity index is 578. The third kappa shape index (κ3) is 2.46. The van der Waals surface area contributed by atoms with Crippen molar-refractivity contribution in [3.8, 4) is 0 Å². The molecule has 2 aromatic carbocycles. The lowest BCUT2D eigenvalue weighted by atomic mass is 10.2. The van der Waals surface area contributed by atoms with E-state index >= 15 is 0 Å². The lowest BCUT2D eigenvalue weighted by molar-refractivity contribution is 0.590. The van der Waals surface area contributed by atoms with Gasteiger partial charge in [0.25, 0.3) is 0 Å². The number of benzene rings is 2. The topological polar surface area (TPSA) is 17.1 Å². The highest BCUT2D eigenvalue weighted by Gasteiger charge is 2.22. The minimum Gasteiger partial charge on any atom is -0.314 e. The van der Waals surface area contributed by atoms with Gasteiger partial charge in [-0.05, 0) is 37.4 Å². The first-order valence-corrected chi connectivity index (χ1v) is 7.95. The van der Waals surface area contributed by atoms with Crippen molar-refractivity contribution in [2.24, 2.45) is 0 Å². The van der Waals surface area contributed by atoms with Crippen molar-refractivity contribution in [2.45, 2.75) is 6.92 Å². The average Bonchev–Trinajstić information content (AvgIpc) is 2.29.